The van der Waals surface area contributed by atoms with E-state index in [1.54, 1.807) is 13.8 Å². The third-order valence-electron chi connectivity index (χ3n) is 2.95. The second-order valence-electron chi connectivity index (χ2n) is 5.12. The van der Waals surface area contributed by atoms with Crippen LogP contribution in [0.4, 0.5) is 0 Å². The Balaban J connectivity index is 3.33. The molecule has 0 fully saturated rings. The Labute approximate surface area is 105 Å². The summed E-state index contributed by atoms with van der Waals surface area (Å²) in [5.41, 5.74) is -2.63. The van der Waals surface area contributed by atoms with E-state index < -0.39 is 34.3 Å². The predicted molar refractivity (Wildman–Crippen MR) is 65.1 cm³/mol. The predicted octanol–water partition coefficient (Wildman–Crippen LogP) is 1.58. The number of hydrogen-bond acceptors (Lipinski definition) is 5. The Hall–Kier alpha value is -1.62. The van der Waals surface area contributed by atoms with Gasteiger partial charge in [-0.15, -0.1) is 0 Å². The van der Waals surface area contributed by atoms with Crippen LogP contribution in [0.2, 0.25) is 0 Å². The maximum absolute atomic E-state index is 12.0. The molecule has 0 aromatic rings. The maximum Gasteiger partial charge on any atom is 0.209 e. The van der Waals surface area contributed by atoms with Gasteiger partial charge in [0.15, 0.2) is 11.4 Å². The van der Waals surface area contributed by atoms with Crippen LogP contribution in [-0.4, -0.2) is 32.5 Å². The second-order valence-corrected chi connectivity index (χ2v) is 5.12. The molecule has 5 nitrogen and oxygen atoms in total. The number of aliphatic hydroxyl groups excluding tert-OH is 2. The monoisotopic (exact) mass is 254 g/mol. The number of hydrogen-bond donors (Lipinski definition) is 3. The van der Waals surface area contributed by atoms with E-state index in [2.05, 4.69) is 0 Å². The molecule has 5 heteroatoms. The van der Waals surface area contributed by atoms with Gasteiger partial charge in [0.1, 0.15) is 17.1 Å². The van der Waals surface area contributed by atoms with Crippen molar-refractivity contribution in [3.63, 3.8) is 0 Å². The Morgan fingerprint density at radius 3 is 2.28 bits per heavy atom. The molecule has 0 aromatic carbocycles. The summed E-state index contributed by atoms with van der Waals surface area (Å²) in [6.07, 6.45) is 0.0925. The number of carbonyl (C=O) groups is 2. The molecule has 1 atom stereocenters. The summed E-state index contributed by atoms with van der Waals surface area (Å²) in [6.45, 7) is 6.06. The lowest BCUT2D eigenvalue weighted by Gasteiger charge is -2.28. The Morgan fingerprint density at radius 2 is 1.83 bits per heavy atom. The zero-order valence-electron chi connectivity index (χ0n) is 10.9. The van der Waals surface area contributed by atoms with Gasteiger partial charge in [-0.3, -0.25) is 9.59 Å². The molecule has 0 saturated heterocycles. The second kappa shape index (κ2) is 4.57. The van der Waals surface area contributed by atoms with E-state index in [1.807, 2.05) is 0 Å². The van der Waals surface area contributed by atoms with E-state index in [4.69, 9.17) is 0 Å². The Kier molecular flexibility index (Phi) is 3.67. The molecule has 0 bridgehead atoms. The van der Waals surface area contributed by atoms with Gasteiger partial charge in [0.05, 0.1) is 0 Å². The number of Topliss-reactive ketones (excluding diaryl/α,β-unsaturated/α-hetero) is 2. The molecule has 0 saturated carbocycles. The average Bonchev–Trinajstić information content (AvgIpc) is 2.24. The van der Waals surface area contributed by atoms with Crippen molar-refractivity contribution in [2.75, 3.05) is 0 Å². The van der Waals surface area contributed by atoms with E-state index >= 15 is 0 Å². The lowest BCUT2D eigenvalue weighted by Crippen LogP contribution is -2.44. The molecule has 100 valence electrons. The van der Waals surface area contributed by atoms with Crippen LogP contribution in [-0.2, 0) is 9.59 Å². The van der Waals surface area contributed by atoms with Crippen molar-refractivity contribution in [1.82, 2.24) is 0 Å². The van der Waals surface area contributed by atoms with Gasteiger partial charge in [0.2, 0.25) is 5.78 Å². The van der Waals surface area contributed by atoms with Crippen LogP contribution in [0.25, 0.3) is 0 Å². The number of rotatable bonds is 3. The van der Waals surface area contributed by atoms with Crippen molar-refractivity contribution >= 4 is 11.6 Å². The van der Waals surface area contributed by atoms with Crippen LogP contribution >= 0.6 is 0 Å². The summed E-state index contributed by atoms with van der Waals surface area (Å²) in [7, 11) is 0. The molecule has 3 N–H and O–H groups in total. The maximum atomic E-state index is 12.0. The molecule has 1 rings (SSSR count). The van der Waals surface area contributed by atoms with Gasteiger partial charge in [0, 0.05) is 12.0 Å². The third-order valence-corrected chi connectivity index (χ3v) is 2.95. The van der Waals surface area contributed by atoms with E-state index in [0.717, 1.165) is 6.92 Å². The molecule has 0 aliphatic heterocycles. The number of allylic oxidation sites excluding steroid dienone is 1. The van der Waals surface area contributed by atoms with Gasteiger partial charge in [0.25, 0.3) is 0 Å². The molecule has 1 aliphatic carbocycles. The van der Waals surface area contributed by atoms with Crippen LogP contribution in [0.5, 0.6) is 0 Å². The SMILES string of the molecule is CC1=C(O)C(C)(O)C(=O)C(C(=O)CC(C)C)=C1O. The quantitative estimate of drug-likeness (QED) is 0.665. The first-order valence-corrected chi connectivity index (χ1v) is 5.75. The highest BCUT2D eigenvalue weighted by Crippen LogP contribution is 2.33. The van der Waals surface area contributed by atoms with Crippen molar-refractivity contribution < 1.29 is 24.9 Å². The molecular formula is C13H18O5. The number of ketones is 2. The van der Waals surface area contributed by atoms with Crippen LogP contribution in [0, 0.1) is 5.92 Å². The minimum absolute atomic E-state index is 0.0235. The highest BCUT2D eigenvalue weighted by atomic mass is 16.3. The molecular weight excluding hydrogens is 236 g/mol. The Bertz CT molecular complexity index is 466. The molecule has 0 spiro atoms. The normalized spacial score (nSPS) is 25.1. The fourth-order valence-electron chi connectivity index (χ4n) is 1.85. The van der Waals surface area contributed by atoms with Gasteiger partial charge in [-0.2, -0.15) is 0 Å². The molecule has 0 radical (unpaired) electrons. The first kappa shape index (κ1) is 14.4. The third kappa shape index (κ3) is 2.18. The number of carbonyl (C=O) groups excluding carboxylic acids is 2. The fraction of sp³-hybridized carbons (Fsp3) is 0.538. The van der Waals surface area contributed by atoms with Gasteiger partial charge < -0.3 is 15.3 Å². The highest BCUT2D eigenvalue weighted by Gasteiger charge is 2.46. The highest BCUT2D eigenvalue weighted by molar-refractivity contribution is 6.25. The van der Waals surface area contributed by atoms with Crippen molar-refractivity contribution in [3.8, 4) is 0 Å². The first-order valence-electron chi connectivity index (χ1n) is 5.75. The summed E-state index contributed by atoms with van der Waals surface area (Å²) >= 11 is 0. The summed E-state index contributed by atoms with van der Waals surface area (Å²) in [5, 5.41) is 29.3. The summed E-state index contributed by atoms with van der Waals surface area (Å²) in [6, 6.07) is 0. The largest absolute Gasteiger partial charge is 0.508 e. The average molecular weight is 254 g/mol. The smallest absolute Gasteiger partial charge is 0.209 e. The van der Waals surface area contributed by atoms with Crippen molar-refractivity contribution in [2.45, 2.75) is 39.7 Å². The van der Waals surface area contributed by atoms with E-state index in [-0.39, 0.29) is 17.9 Å². The zero-order valence-corrected chi connectivity index (χ0v) is 10.9. The summed E-state index contributed by atoms with van der Waals surface area (Å²) < 4.78 is 0. The molecule has 0 amide bonds. The van der Waals surface area contributed by atoms with Gasteiger partial charge in [-0.25, -0.2) is 0 Å². The first-order chi connectivity index (χ1) is 8.10. The van der Waals surface area contributed by atoms with Gasteiger partial charge >= 0.3 is 0 Å². The van der Waals surface area contributed by atoms with Crippen molar-refractivity contribution in [1.29, 1.82) is 0 Å². The van der Waals surface area contributed by atoms with Crippen molar-refractivity contribution in [2.24, 2.45) is 5.92 Å². The minimum atomic E-state index is -2.15. The molecule has 1 aliphatic rings. The lowest BCUT2D eigenvalue weighted by molar-refractivity contribution is -0.134. The number of aliphatic hydroxyl groups is 3. The van der Waals surface area contributed by atoms with Crippen molar-refractivity contribution in [3.05, 3.63) is 22.7 Å². The summed E-state index contributed by atoms with van der Waals surface area (Å²) in [4.78, 5) is 23.9. The summed E-state index contributed by atoms with van der Waals surface area (Å²) in [5.74, 6) is -2.63. The zero-order chi connectivity index (χ0) is 14.2. The van der Waals surface area contributed by atoms with E-state index in [9.17, 15) is 24.9 Å². The van der Waals surface area contributed by atoms with E-state index in [0.29, 0.717) is 0 Å². The van der Waals surface area contributed by atoms with Crippen LogP contribution in [0.1, 0.15) is 34.1 Å². The molecule has 1 unspecified atom stereocenters. The van der Waals surface area contributed by atoms with Crippen LogP contribution in [0.3, 0.4) is 0 Å². The van der Waals surface area contributed by atoms with Crippen LogP contribution < -0.4 is 0 Å². The lowest BCUT2D eigenvalue weighted by atomic mass is 9.81. The Morgan fingerprint density at radius 1 is 1.33 bits per heavy atom. The van der Waals surface area contributed by atoms with Gasteiger partial charge in [-0.05, 0) is 19.8 Å². The minimum Gasteiger partial charge on any atom is -0.508 e. The molecule has 0 heterocycles. The van der Waals surface area contributed by atoms with Gasteiger partial charge in [-0.1, -0.05) is 13.8 Å². The standard InChI is InChI=1S/C13H18O5/c1-6(2)5-8(14)9-10(15)7(3)11(16)13(4,18)12(9)17/h6,15-16,18H,5H2,1-4H3. The topological polar surface area (TPSA) is 94.8 Å². The molecule has 0 aromatic heterocycles. The molecule has 18 heavy (non-hydrogen) atoms. The van der Waals surface area contributed by atoms with E-state index in [1.165, 1.54) is 6.92 Å². The fourth-order valence-corrected chi connectivity index (χ4v) is 1.85. The van der Waals surface area contributed by atoms with Crippen LogP contribution in [0.15, 0.2) is 22.7 Å².